The fraction of sp³-hybridized carbons (Fsp3) is 0. The summed E-state index contributed by atoms with van der Waals surface area (Å²) in [5.41, 5.74) is 1.12. The molecule has 0 saturated carbocycles. The highest BCUT2D eigenvalue weighted by Gasteiger charge is 2.12. The zero-order valence-electron chi connectivity index (χ0n) is 13.9. The summed E-state index contributed by atoms with van der Waals surface area (Å²) < 4.78 is 5.70. The molecule has 0 atom stereocenters. The predicted octanol–water partition coefficient (Wildman–Crippen LogP) is 5.85. The molecule has 2 N–H and O–H groups in total. The van der Waals surface area contributed by atoms with Crippen LogP contribution in [0.1, 0.15) is 0 Å². The number of ether oxygens (including phenoxy) is 1. The predicted molar refractivity (Wildman–Crippen MR) is 111 cm³/mol. The fourth-order valence-corrected chi connectivity index (χ4v) is 2.64. The Morgan fingerprint density at radius 1 is 0.926 bits per heavy atom. The maximum absolute atomic E-state index is 11.2. The van der Waals surface area contributed by atoms with Gasteiger partial charge in [-0.3, -0.25) is 10.1 Å². The molecule has 0 unspecified atom stereocenters. The monoisotopic (exact) mass is 399 g/mol. The van der Waals surface area contributed by atoms with E-state index < -0.39 is 4.92 Å². The van der Waals surface area contributed by atoms with Crippen molar-refractivity contribution in [1.82, 2.24) is 0 Å². The third-order valence-corrected chi connectivity index (χ3v) is 3.90. The minimum absolute atomic E-state index is 0.119. The van der Waals surface area contributed by atoms with Gasteiger partial charge >= 0.3 is 0 Å². The van der Waals surface area contributed by atoms with Gasteiger partial charge in [-0.15, -0.1) is 0 Å². The van der Waals surface area contributed by atoms with Crippen molar-refractivity contribution >= 4 is 46.0 Å². The minimum atomic E-state index is -0.492. The van der Waals surface area contributed by atoms with Gasteiger partial charge in [0.2, 0.25) is 0 Å². The number of hydrogen-bond donors (Lipinski definition) is 2. The number of nitro benzene ring substituents is 1. The third kappa shape index (κ3) is 5.40. The lowest BCUT2D eigenvalue weighted by Gasteiger charge is -2.12. The van der Waals surface area contributed by atoms with E-state index in [9.17, 15) is 10.1 Å². The van der Waals surface area contributed by atoms with Gasteiger partial charge < -0.3 is 15.4 Å². The summed E-state index contributed by atoms with van der Waals surface area (Å²) in [5.74, 6) is 0.812. The molecule has 3 rings (SSSR count). The van der Waals surface area contributed by atoms with E-state index in [1.54, 1.807) is 30.3 Å². The number of rotatable bonds is 5. The standard InChI is InChI=1S/C19H14ClN3O3S/c20-13-6-8-17(9-7-13)26-18-11-15(10-16(12-18)23(24)25)22-19(27)21-14-4-2-1-3-5-14/h1-12H,(H2,21,22,27). The van der Waals surface area contributed by atoms with E-state index in [4.69, 9.17) is 28.6 Å². The highest BCUT2D eigenvalue weighted by Crippen LogP contribution is 2.30. The van der Waals surface area contributed by atoms with Crippen molar-refractivity contribution in [2.75, 3.05) is 10.6 Å². The van der Waals surface area contributed by atoms with E-state index in [-0.39, 0.29) is 5.69 Å². The number of nitro groups is 1. The molecule has 0 radical (unpaired) electrons. The second-order valence-corrected chi connectivity index (χ2v) is 6.32. The van der Waals surface area contributed by atoms with E-state index in [0.717, 1.165) is 5.69 Å². The fourth-order valence-electron chi connectivity index (χ4n) is 2.27. The summed E-state index contributed by atoms with van der Waals surface area (Å²) in [5, 5.41) is 18.1. The van der Waals surface area contributed by atoms with Gasteiger partial charge in [-0.1, -0.05) is 29.8 Å². The van der Waals surface area contributed by atoms with E-state index in [0.29, 0.717) is 27.3 Å². The smallest absolute Gasteiger partial charge is 0.275 e. The molecule has 0 spiro atoms. The molecule has 27 heavy (non-hydrogen) atoms. The Kier molecular flexibility index (Phi) is 5.85. The Labute approximate surface area is 165 Å². The minimum Gasteiger partial charge on any atom is -0.457 e. The Bertz CT molecular complexity index is 966. The topological polar surface area (TPSA) is 76.4 Å². The average molecular weight is 400 g/mol. The van der Waals surface area contributed by atoms with Crippen molar-refractivity contribution < 1.29 is 9.66 Å². The van der Waals surface area contributed by atoms with Crippen LogP contribution in [0.3, 0.4) is 0 Å². The van der Waals surface area contributed by atoms with Crippen molar-refractivity contribution in [3.63, 3.8) is 0 Å². The summed E-state index contributed by atoms with van der Waals surface area (Å²) in [6.45, 7) is 0. The molecule has 0 bridgehead atoms. The van der Waals surface area contributed by atoms with Crippen LogP contribution in [0.15, 0.2) is 72.8 Å². The first-order chi connectivity index (χ1) is 13.0. The van der Waals surface area contributed by atoms with Crippen LogP contribution in [0, 0.1) is 10.1 Å². The number of benzene rings is 3. The summed E-state index contributed by atoms with van der Waals surface area (Å²) in [4.78, 5) is 10.7. The van der Waals surface area contributed by atoms with E-state index >= 15 is 0 Å². The van der Waals surface area contributed by atoms with Crippen molar-refractivity contribution in [3.05, 3.63) is 87.9 Å². The number of anilines is 2. The van der Waals surface area contributed by atoms with Gasteiger partial charge in [0, 0.05) is 22.8 Å². The average Bonchev–Trinajstić information content (AvgIpc) is 2.64. The molecule has 0 aliphatic carbocycles. The highest BCUT2D eigenvalue weighted by molar-refractivity contribution is 7.80. The number of nitrogens with one attached hydrogen (secondary N) is 2. The molecule has 0 saturated heterocycles. The van der Waals surface area contributed by atoms with Gasteiger partial charge in [0.05, 0.1) is 16.7 Å². The number of nitrogens with zero attached hydrogens (tertiary/aromatic N) is 1. The largest absolute Gasteiger partial charge is 0.457 e. The summed E-state index contributed by atoms with van der Waals surface area (Å²) >= 11 is 11.1. The molecule has 0 aliphatic rings. The molecule has 0 heterocycles. The Morgan fingerprint density at radius 2 is 1.59 bits per heavy atom. The maximum atomic E-state index is 11.2. The molecular formula is C19H14ClN3O3S. The molecule has 0 aromatic heterocycles. The normalized spacial score (nSPS) is 10.1. The number of thiocarbonyl (C=S) groups is 1. The lowest BCUT2D eigenvalue weighted by Crippen LogP contribution is -2.19. The summed E-state index contributed by atoms with van der Waals surface area (Å²) in [7, 11) is 0. The molecule has 0 aliphatic heterocycles. The van der Waals surface area contributed by atoms with Gasteiger partial charge in [-0.2, -0.15) is 0 Å². The van der Waals surface area contributed by atoms with Crippen LogP contribution in [-0.4, -0.2) is 10.0 Å². The van der Waals surface area contributed by atoms with E-state index in [1.807, 2.05) is 30.3 Å². The lowest BCUT2D eigenvalue weighted by molar-refractivity contribution is -0.384. The van der Waals surface area contributed by atoms with Crippen LogP contribution in [0.4, 0.5) is 17.1 Å². The molecule has 8 heteroatoms. The van der Waals surface area contributed by atoms with Gasteiger partial charge in [0.1, 0.15) is 11.5 Å². The van der Waals surface area contributed by atoms with Crippen LogP contribution in [0.25, 0.3) is 0 Å². The van der Waals surface area contributed by atoms with Gasteiger partial charge in [0.25, 0.3) is 5.69 Å². The Morgan fingerprint density at radius 3 is 2.26 bits per heavy atom. The van der Waals surface area contributed by atoms with Gasteiger partial charge in [-0.25, -0.2) is 0 Å². The van der Waals surface area contributed by atoms with Gasteiger partial charge in [-0.05, 0) is 48.6 Å². The van der Waals surface area contributed by atoms with Gasteiger partial charge in [0.15, 0.2) is 5.11 Å². The third-order valence-electron chi connectivity index (χ3n) is 3.44. The van der Waals surface area contributed by atoms with Crippen LogP contribution in [-0.2, 0) is 0 Å². The molecule has 0 fully saturated rings. The van der Waals surface area contributed by atoms with Crippen molar-refractivity contribution in [2.45, 2.75) is 0 Å². The second-order valence-electron chi connectivity index (χ2n) is 5.47. The van der Waals surface area contributed by atoms with Crippen molar-refractivity contribution in [3.8, 4) is 11.5 Å². The number of non-ortho nitro benzene ring substituents is 1. The SMILES string of the molecule is O=[N+]([O-])c1cc(NC(=S)Nc2ccccc2)cc(Oc2ccc(Cl)cc2)c1. The first kappa shape index (κ1) is 18.6. The maximum Gasteiger partial charge on any atom is 0.275 e. The summed E-state index contributed by atoms with van der Waals surface area (Å²) in [6, 6.07) is 20.4. The first-order valence-electron chi connectivity index (χ1n) is 7.85. The van der Waals surface area contributed by atoms with Crippen LogP contribution < -0.4 is 15.4 Å². The van der Waals surface area contributed by atoms with E-state index in [2.05, 4.69) is 10.6 Å². The van der Waals surface area contributed by atoms with Crippen LogP contribution in [0.2, 0.25) is 5.02 Å². The zero-order valence-corrected chi connectivity index (χ0v) is 15.5. The molecule has 3 aromatic rings. The quantitative estimate of drug-likeness (QED) is 0.318. The lowest BCUT2D eigenvalue weighted by atomic mass is 10.2. The van der Waals surface area contributed by atoms with Crippen LogP contribution in [0.5, 0.6) is 11.5 Å². The second kappa shape index (κ2) is 8.48. The van der Waals surface area contributed by atoms with Crippen LogP contribution >= 0.6 is 23.8 Å². The highest BCUT2D eigenvalue weighted by atomic mass is 35.5. The van der Waals surface area contributed by atoms with Crippen molar-refractivity contribution in [2.24, 2.45) is 0 Å². The molecule has 0 amide bonds. The van der Waals surface area contributed by atoms with E-state index in [1.165, 1.54) is 12.1 Å². The number of halogens is 1. The number of hydrogen-bond acceptors (Lipinski definition) is 4. The zero-order chi connectivity index (χ0) is 19.2. The molecular weight excluding hydrogens is 386 g/mol. The van der Waals surface area contributed by atoms with Crippen molar-refractivity contribution in [1.29, 1.82) is 0 Å². The summed E-state index contributed by atoms with van der Waals surface area (Å²) in [6.07, 6.45) is 0. The molecule has 136 valence electrons. The first-order valence-corrected chi connectivity index (χ1v) is 8.64. The number of para-hydroxylation sites is 1. The molecule has 3 aromatic carbocycles. The Hall–Kier alpha value is -3.16. The molecule has 6 nitrogen and oxygen atoms in total. The Balaban J connectivity index is 1.79.